The molecule has 2 rings (SSSR count). The molecule has 0 atom stereocenters. The fraction of sp³-hybridized carbons (Fsp3) is 0.111. The molecule has 0 bridgehead atoms. The maximum atomic E-state index is 11.2. The molecule has 0 heterocycles. The summed E-state index contributed by atoms with van der Waals surface area (Å²) in [5.74, 6) is 0.0263. The number of nitrogens with zero attached hydrogens (tertiary/aromatic N) is 1. The molecule has 0 spiro atoms. The van der Waals surface area contributed by atoms with Gasteiger partial charge < -0.3 is 5.21 Å². The highest BCUT2D eigenvalue weighted by molar-refractivity contribution is 6.26. The molecule has 1 aromatic carbocycles. The number of fused-ring (bicyclic) bond motifs is 1. The Labute approximate surface area is 69.3 Å². The average Bonchev–Trinajstić information content (AvgIpc) is 2.44. The number of carbonyl (C=O) groups excluding carboxylic acids is 1. The minimum Gasteiger partial charge on any atom is -0.411 e. The van der Waals surface area contributed by atoms with Gasteiger partial charge in [0.05, 0.1) is 12.1 Å². The first-order chi connectivity index (χ1) is 5.83. The lowest BCUT2D eigenvalue weighted by atomic mass is 10.1. The van der Waals surface area contributed by atoms with E-state index in [2.05, 4.69) is 5.16 Å². The van der Waals surface area contributed by atoms with E-state index in [-0.39, 0.29) is 12.2 Å². The maximum Gasteiger partial charge on any atom is 0.169 e. The lowest BCUT2D eigenvalue weighted by molar-refractivity contribution is 0.100. The molecule has 0 aliphatic heterocycles. The van der Waals surface area contributed by atoms with E-state index in [1.165, 1.54) is 0 Å². The zero-order chi connectivity index (χ0) is 8.55. The Morgan fingerprint density at radius 1 is 1.25 bits per heavy atom. The highest BCUT2D eigenvalue weighted by atomic mass is 16.4. The third-order valence-electron chi connectivity index (χ3n) is 1.99. The molecule has 3 heteroatoms. The molecule has 1 N–H and O–H groups in total. The summed E-state index contributed by atoms with van der Waals surface area (Å²) in [5, 5.41) is 11.6. The van der Waals surface area contributed by atoms with Crippen LogP contribution in [-0.4, -0.2) is 16.7 Å². The molecule has 1 aliphatic carbocycles. The van der Waals surface area contributed by atoms with E-state index in [0.29, 0.717) is 11.3 Å². The topological polar surface area (TPSA) is 49.7 Å². The van der Waals surface area contributed by atoms with Gasteiger partial charge in [-0.25, -0.2) is 0 Å². The Hall–Kier alpha value is -1.64. The van der Waals surface area contributed by atoms with Crippen molar-refractivity contribution < 1.29 is 10.0 Å². The molecule has 0 amide bonds. The number of ketones is 1. The molecule has 0 unspecified atom stereocenters. The first kappa shape index (κ1) is 7.03. The third-order valence-corrected chi connectivity index (χ3v) is 1.99. The summed E-state index contributed by atoms with van der Waals surface area (Å²) in [5.41, 5.74) is 1.88. The SMILES string of the molecule is O=C1C/C(=N/O)c2ccccc21. The lowest BCUT2D eigenvalue weighted by Crippen LogP contribution is -1.93. The Morgan fingerprint density at radius 2 is 1.92 bits per heavy atom. The molecule has 0 radical (unpaired) electrons. The van der Waals surface area contributed by atoms with Gasteiger partial charge in [-0.15, -0.1) is 0 Å². The molecule has 0 saturated carbocycles. The first-order valence-corrected chi connectivity index (χ1v) is 3.66. The summed E-state index contributed by atoms with van der Waals surface area (Å²) in [6.45, 7) is 0. The largest absolute Gasteiger partial charge is 0.411 e. The van der Waals surface area contributed by atoms with E-state index < -0.39 is 0 Å². The van der Waals surface area contributed by atoms with E-state index in [1.54, 1.807) is 18.2 Å². The zero-order valence-electron chi connectivity index (χ0n) is 6.32. The highest BCUT2D eigenvalue weighted by Crippen LogP contribution is 2.21. The Bertz CT molecular complexity index is 369. The van der Waals surface area contributed by atoms with Gasteiger partial charge in [-0.1, -0.05) is 29.4 Å². The smallest absolute Gasteiger partial charge is 0.169 e. The van der Waals surface area contributed by atoms with Gasteiger partial charge >= 0.3 is 0 Å². The number of carbonyl (C=O) groups is 1. The molecular weight excluding hydrogens is 154 g/mol. The Kier molecular flexibility index (Phi) is 1.43. The van der Waals surface area contributed by atoms with Crippen molar-refractivity contribution >= 4 is 11.5 Å². The molecule has 3 nitrogen and oxygen atoms in total. The minimum absolute atomic E-state index is 0.0263. The normalized spacial score (nSPS) is 18.3. The number of oxime groups is 1. The van der Waals surface area contributed by atoms with Crippen molar-refractivity contribution in [3.05, 3.63) is 35.4 Å². The van der Waals surface area contributed by atoms with Crippen LogP contribution in [0, 0.1) is 0 Å². The molecule has 0 fully saturated rings. The lowest BCUT2D eigenvalue weighted by Gasteiger charge is -1.93. The van der Waals surface area contributed by atoms with Crippen molar-refractivity contribution in [2.75, 3.05) is 0 Å². The molecule has 60 valence electrons. The molecule has 0 aromatic heterocycles. The summed E-state index contributed by atoms with van der Waals surface area (Å²) in [6.07, 6.45) is 0.218. The van der Waals surface area contributed by atoms with Crippen LogP contribution in [-0.2, 0) is 0 Å². The van der Waals surface area contributed by atoms with Gasteiger partial charge in [0, 0.05) is 11.1 Å². The summed E-state index contributed by atoms with van der Waals surface area (Å²) in [6, 6.07) is 7.16. The Balaban J connectivity index is 2.65. The van der Waals surface area contributed by atoms with Crippen LogP contribution in [0.1, 0.15) is 22.3 Å². The van der Waals surface area contributed by atoms with E-state index in [9.17, 15) is 4.79 Å². The van der Waals surface area contributed by atoms with E-state index in [0.717, 1.165) is 5.56 Å². The van der Waals surface area contributed by atoms with Gasteiger partial charge in [-0.2, -0.15) is 0 Å². The molecule has 1 aliphatic rings. The summed E-state index contributed by atoms with van der Waals surface area (Å²) >= 11 is 0. The van der Waals surface area contributed by atoms with Crippen LogP contribution in [0.3, 0.4) is 0 Å². The minimum atomic E-state index is 0.0263. The standard InChI is InChI=1S/C9H7NO2/c11-9-5-8(10-12)6-3-1-2-4-7(6)9/h1-4,12H,5H2/b10-8-. The van der Waals surface area contributed by atoms with Crippen LogP contribution in [0.5, 0.6) is 0 Å². The van der Waals surface area contributed by atoms with E-state index in [4.69, 9.17) is 5.21 Å². The second-order valence-corrected chi connectivity index (χ2v) is 2.69. The van der Waals surface area contributed by atoms with Crippen molar-refractivity contribution in [1.29, 1.82) is 0 Å². The second-order valence-electron chi connectivity index (χ2n) is 2.69. The van der Waals surface area contributed by atoms with Crippen molar-refractivity contribution in [1.82, 2.24) is 0 Å². The van der Waals surface area contributed by atoms with Gasteiger partial charge in [-0.05, 0) is 0 Å². The van der Waals surface area contributed by atoms with Crippen LogP contribution in [0.2, 0.25) is 0 Å². The van der Waals surface area contributed by atoms with Gasteiger partial charge in [-0.3, -0.25) is 4.79 Å². The predicted molar refractivity (Wildman–Crippen MR) is 43.7 cm³/mol. The highest BCUT2D eigenvalue weighted by Gasteiger charge is 2.24. The Morgan fingerprint density at radius 3 is 2.58 bits per heavy atom. The zero-order valence-corrected chi connectivity index (χ0v) is 6.32. The third kappa shape index (κ3) is 0.830. The van der Waals surface area contributed by atoms with Gasteiger partial charge in [0.15, 0.2) is 5.78 Å². The number of benzene rings is 1. The fourth-order valence-electron chi connectivity index (χ4n) is 1.41. The van der Waals surface area contributed by atoms with Crippen LogP contribution >= 0.6 is 0 Å². The fourth-order valence-corrected chi connectivity index (χ4v) is 1.41. The number of hydrogen-bond acceptors (Lipinski definition) is 3. The van der Waals surface area contributed by atoms with Crippen LogP contribution in [0.25, 0.3) is 0 Å². The summed E-state index contributed by atoms with van der Waals surface area (Å²) in [4.78, 5) is 11.2. The second kappa shape index (κ2) is 2.44. The van der Waals surface area contributed by atoms with E-state index >= 15 is 0 Å². The average molecular weight is 161 g/mol. The van der Waals surface area contributed by atoms with Crippen molar-refractivity contribution in [2.45, 2.75) is 6.42 Å². The number of hydrogen-bond donors (Lipinski definition) is 1. The summed E-state index contributed by atoms with van der Waals surface area (Å²) in [7, 11) is 0. The van der Waals surface area contributed by atoms with Crippen molar-refractivity contribution in [3.8, 4) is 0 Å². The van der Waals surface area contributed by atoms with Gasteiger partial charge in [0.1, 0.15) is 0 Å². The number of rotatable bonds is 0. The van der Waals surface area contributed by atoms with E-state index in [1.807, 2.05) is 6.07 Å². The van der Waals surface area contributed by atoms with Crippen LogP contribution < -0.4 is 0 Å². The van der Waals surface area contributed by atoms with Crippen molar-refractivity contribution in [3.63, 3.8) is 0 Å². The first-order valence-electron chi connectivity index (χ1n) is 3.66. The quantitative estimate of drug-likeness (QED) is 0.462. The van der Waals surface area contributed by atoms with Gasteiger partial charge in [0.2, 0.25) is 0 Å². The van der Waals surface area contributed by atoms with Crippen molar-refractivity contribution in [2.24, 2.45) is 5.16 Å². The van der Waals surface area contributed by atoms with Crippen LogP contribution in [0.15, 0.2) is 29.4 Å². The van der Waals surface area contributed by atoms with Gasteiger partial charge in [0.25, 0.3) is 0 Å². The molecular formula is C9H7NO2. The molecule has 1 aromatic rings. The number of Topliss-reactive ketones (excluding diaryl/α,β-unsaturated/α-hetero) is 1. The monoisotopic (exact) mass is 161 g/mol. The molecule has 12 heavy (non-hydrogen) atoms. The molecule has 0 saturated heterocycles. The van der Waals surface area contributed by atoms with Crippen LogP contribution in [0.4, 0.5) is 0 Å². The summed E-state index contributed by atoms with van der Waals surface area (Å²) < 4.78 is 0. The maximum absolute atomic E-state index is 11.2. The predicted octanol–water partition coefficient (Wildman–Crippen LogP) is 1.45.